The summed E-state index contributed by atoms with van der Waals surface area (Å²) < 4.78 is 11.7. The summed E-state index contributed by atoms with van der Waals surface area (Å²) in [7, 11) is 0. The minimum absolute atomic E-state index is 0.0811. The molecule has 3 aromatic rings. The number of nitriles is 1. The van der Waals surface area contributed by atoms with E-state index in [-0.39, 0.29) is 17.2 Å². The van der Waals surface area contributed by atoms with Crippen LogP contribution in [-0.4, -0.2) is 10.2 Å². The maximum absolute atomic E-state index is 9.84. The first-order valence-corrected chi connectivity index (χ1v) is 9.81. The minimum atomic E-state index is -0.382. The lowest BCUT2D eigenvalue weighted by Crippen LogP contribution is -2.23. The van der Waals surface area contributed by atoms with Crippen molar-refractivity contribution in [3.63, 3.8) is 0 Å². The fourth-order valence-corrected chi connectivity index (χ4v) is 3.67. The van der Waals surface area contributed by atoms with Gasteiger partial charge in [-0.05, 0) is 23.3 Å². The lowest BCUT2D eigenvalue weighted by atomic mass is 9.79. The molecular formula is C24H24N4O2. The van der Waals surface area contributed by atoms with Gasteiger partial charge < -0.3 is 15.2 Å². The van der Waals surface area contributed by atoms with Gasteiger partial charge in [-0.2, -0.15) is 5.26 Å². The molecule has 0 spiro atoms. The lowest BCUT2D eigenvalue weighted by molar-refractivity contribution is 0.306. The van der Waals surface area contributed by atoms with Crippen LogP contribution in [0.25, 0.3) is 0 Å². The molecule has 0 saturated carbocycles. The van der Waals surface area contributed by atoms with Crippen LogP contribution < -0.4 is 15.2 Å². The van der Waals surface area contributed by atoms with Crippen molar-refractivity contribution in [3.05, 3.63) is 88.4 Å². The second kappa shape index (κ2) is 7.60. The summed E-state index contributed by atoms with van der Waals surface area (Å²) in [4.78, 5) is 0. The van der Waals surface area contributed by atoms with Gasteiger partial charge in [-0.3, -0.25) is 5.10 Å². The molecule has 0 saturated heterocycles. The summed E-state index contributed by atoms with van der Waals surface area (Å²) in [6.45, 7) is 6.73. The Balaban J connectivity index is 1.74. The van der Waals surface area contributed by atoms with Gasteiger partial charge in [-0.15, -0.1) is 5.10 Å². The van der Waals surface area contributed by atoms with Crippen LogP contribution in [0.1, 0.15) is 49.1 Å². The molecule has 0 radical (unpaired) electrons. The van der Waals surface area contributed by atoms with Gasteiger partial charge >= 0.3 is 0 Å². The number of nitrogens with one attached hydrogen (secondary N) is 1. The minimum Gasteiger partial charge on any atom is -0.489 e. The summed E-state index contributed by atoms with van der Waals surface area (Å²) in [6.07, 6.45) is 0. The molecule has 6 heteroatoms. The van der Waals surface area contributed by atoms with Crippen molar-refractivity contribution < 1.29 is 9.47 Å². The first kappa shape index (κ1) is 19.6. The molecular weight excluding hydrogens is 376 g/mol. The summed E-state index contributed by atoms with van der Waals surface area (Å²) in [5.74, 6) is 0.836. The third kappa shape index (κ3) is 3.62. The van der Waals surface area contributed by atoms with E-state index in [1.54, 1.807) is 0 Å². The van der Waals surface area contributed by atoms with Crippen LogP contribution >= 0.6 is 0 Å². The smallest absolute Gasteiger partial charge is 0.244 e. The van der Waals surface area contributed by atoms with E-state index in [9.17, 15) is 5.26 Å². The number of rotatable bonds is 4. The second-order valence-electron chi connectivity index (χ2n) is 8.34. The molecule has 1 unspecified atom stereocenters. The van der Waals surface area contributed by atoms with E-state index in [2.05, 4.69) is 37.0 Å². The Kier molecular flexibility index (Phi) is 4.96. The van der Waals surface area contributed by atoms with E-state index >= 15 is 0 Å². The summed E-state index contributed by atoms with van der Waals surface area (Å²) >= 11 is 0. The largest absolute Gasteiger partial charge is 0.489 e. The molecule has 1 aliphatic rings. The number of nitrogens with zero attached hydrogens (tertiary/aromatic N) is 2. The van der Waals surface area contributed by atoms with E-state index in [1.807, 2.05) is 54.6 Å². The molecule has 4 rings (SSSR count). The molecule has 0 amide bonds. The van der Waals surface area contributed by atoms with E-state index in [0.717, 1.165) is 28.1 Å². The number of hydrogen-bond acceptors (Lipinski definition) is 5. The monoisotopic (exact) mass is 400 g/mol. The molecule has 6 nitrogen and oxygen atoms in total. The maximum Gasteiger partial charge on any atom is 0.244 e. The normalized spacial score (nSPS) is 15.9. The highest BCUT2D eigenvalue weighted by molar-refractivity contribution is 5.56. The zero-order chi connectivity index (χ0) is 21.3. The average Bonchev–Trinajstić information content (AvgIpc) is 3.16. The van der Waals surface area contributed by atoms with Crippen molar-refractivity contribution in [3.8, 4) is 17.7 Å². The Labute approximate surface area is 175 Å². The average molecular weight is 400 g/mol. The van der Waals surface area contributed by atoms with Crippen LogP contribution in [0.15, 0.2) is 66.1 Å². The van der Waals surface area contributed by atoms with Crippen LogP contribution in [-0.2, 0) is 12.0 Å². The van der Waals surface area contributed by atoms with Crippen molar-refractivity contribution in [1.82, 2.24) is 10.2 Å². The Morgan fingerprint density at radius 2 is 1.93 bits per heavy atom. The SMILES string of the molecule is CC(C)(C)c1[nH]nc2c1C(c1cccc(OCc3ccccc3)c1)C(C#N)=C(N)O2. The van der Waals surface area contributed by atoms with Gasteiger partial charge in [0.05, 0.1) is 11.5 Å². The Hall–Kier alpha value is -3.72. The predicted molar refractivity (Wildman–Crippen MR) is 114 cm³/mol. The van der Waals surface area contributed by atoms with Crippen molar-refractivity contribution >= 4 is 0 Å². The van der Waals surface area contributed by atoms with E-state index < -0.39 is 0 Å². The highest BCUT2D eigenvalue weighted by Gasteiger charge is 2.38. The van der Waals surface area contributed by atoms with Gasteiger partial charge in [0, 0.05) is 11.1 Å². The number of fused-ring (bicyclic) bond motifs is 1. The molecule has 152 valence electrons. The van der Waals surface area contributed by atoms with Crippen LogP contribution in [0, 0.1) is 11.3 Å². The highest BCUT2D eigenvalue weighted by Crippen LogP contribution is 2.45. The molecule has 0 fully saturated rings. The summed E-state index contributed by atoms with van der Waals surface area (Å²) in [6, 6.07) is 20.0. The van der Waals surface area contributed by atoms with E-state index in [1.165, 1.54) is 0 Å². The van der Waals surface area contributed by atoms with Crippen molar-refractivity contribution in [2.24, 2.45) is 5.73 Å². The van der Waals surface area contributed by atoms with Crippen molar-refractivity contribution in [2.75, 3.05) is 0 Å². The van der Waals surface area contributed by atoms with Gasteiger partial charge in [0.25, 0.3) is 0 Å². The fourth-order valence-electron chi connectivity index (χ4n) is 3.67. The highest BCUT2D eigenvalue weighted by atomic mass is 16.5. The molecule has 2 aromatic carbocycles. The topological polar surface area (TPSA) is 97.0 Å². The molecule has 0 aliphatic carbocycles. The zero-order valence-corrected chi connectivity index (χ0v) is 17.3. The number of nitrogens with two attached hydrogens (primary N) is 1. The van der Waals surface area contributed by atoms with Gasteiger partial charge in [0.15, 0.2) is 0 Å². The summed E-state index contributed by atoms with van der Waals surface area (Å²) in [5, 5.41) is 17.2. The fraction of sp³-hybridized carbons (Fsp3) is 0.250. The number of allylic oxidation sites excluding steroid dienone is 1. The number of H-pyrrole nitrogens is 1. The van der Waals surface area contributed by atoms with Crippen molar-refractivity contribution in [1.29, 1.82) is 5.26 Å². The molecule has 1 atom stereocenters. The number of aromatic amines is 1. The lowest BCUT2D eigenvalue weighted by Gasteiger charge is -2.27. The Bertz CT molecular complexity index is 1130. The van der Waals surface area contributed by atoms with Gasteiger partial charge in [0.2, 0.25) is 11.8 Å². The molecule has 30 heavy (non-hydrogen) atoms. The third-order valence-electron chi connectivity index (χ3n) is 5.13. The third-order valence-corrected chi connectivity index (χ3v) is 5.13. The molecule has 1 aromatic heterocycles. The molecule has 3 N–H and O–H groups in total. The molecule has 0 bridgehead atoms. The summed E-state index contributed by atoms with van der Waals surface area (Å²) in [5.41, 5.74) is 9.97. The number of aromatic nitrogens is 2. The van der Waals surface area contributed by atoms with Gasteiger partial charge in [0.1, 0.15) is 24.0 Å². The Morgan fingerprint density at radius 3 is 2.63 bits per heavy atom. The quantitative estimate of drug-likeness (QED) is 0.672. The van der Waals surface area contributed by atoms with Crippen LogP contribution in [0.4, 0.5) is 0 Å². The van der Waals surface area contributed by atoms with E-state index in [0.29, 0.717) is 18.1 Å². The van der Waals surface area contributed by atoms with Crippen LogP contribution in [0.3, 0.4) is 0 Å². The number of hydrogen-bond donors (Lipinski definition) is 2. The molecule has 2 heterocycles. The van der Waals surface area contributed by atoms with Crippen LogP contribution in [0.5, 0.6) is 11.6 Å². The molecule has 1 aliphatic heterocycles. The van der Waals surface area contributed by atoms with Crippen LogP contribution in [0.2, 0.25) is 0 Å². The predicted octanol–water partition coefficient (Wildman–Crippen LogP) is 4.50. The first-order chi connectivity index (χ1) is 14.4. The van der Waals surface area contributed by atoms with Gasteiger partial charge in [-0.25, -0.2) is 0 Å². The Morgan fingerprint density at radius 1 is 1.17 bits per heavy atom. The number of ether oxygens (including phenoxy) is 2. The first-order valence-electron chi connectivity index (χ1n) is 9.81. The van der Waals surface area contributed by atoms with Crippen molar-refractivity contribution in [2.45, 2.75) is 38.7 Å². The number of benzene rings is 2. The maximum atomic E-state index is 9.84. The zero-order valence-electron chi connectivity index (χ0n) is 17.3. The standard InChI is InChI=1S/C24H24N4O2/c1-24(2,3)21-20-19(18(13-25)22(26)30-23(20)28-27-21)16-10-7-11-17(12-16)29-14-15-8-5-4-6-9-15/h4-12,19H,14,26H2,1-3H3,(H,27,28). The second-order valence-corrected chi connectivity index (χ2v) is 8.34. The van der Waals surface area contributed by atoms with E-state index in [4.69, 9.17) is 15.2 Å². The van der Waals surface area contributed by atoms with Gasteiger partial charge in [-0.1, -0.05) is 63.2 Å².